The van der Waals surface area contributed by atoms with Crippen molar-refractivity contribution in [2.75, 3.05) is 11.9 Å². The van der Waals surface area contributed by atoms with Crippen molar-refractivity contribution in [3.63, 3.8) is 0 Å². The molecule has 18 heavy (non-hydrogen) atoms. The average molecular weight is 250 g/mol. The van der Waals surface area contributed by atoms with Crippen molar-refractivity contribution in [3.8, 4) is 11.8 Å². The highest BCUT2D eigenvalue weighted by molar-refractivity contribution is 5.84. The van der Waals surface area contributed by atoms with Gasteiger partial charge in [0.25, 0.3) is 0 Å². The minimum Gasteiger partial charge on any atom is -0.447 e. The molecule has 0 spiro atoms. The summed E-state index contributed by atoms with van der Waals surface area (Å²) >= 11 is 0. The minimum atomic E-state index is -0.690. The van der Waals surface area contributed by atoms with Crippen molar-refractivity contribution in [2.24, 2.45) is 5.73 Å². The van der Waals surface area contributed by atoms with E-state index < -0.39 is 11.9 Å². The van der Waals surface area contributed by atoms with Gasteiger partial charge in [-0.25, -0.2) is 9.18 Å². The Kier molecular flexibility index (Phi) is 5.15. The molecule has 0 atom stereocenters. The van der Waals surface area contributed by atoms with Crippen LogP contribution in [0.15, 0.2) is 18.2 Å². The average Bonchev–Trinajstić information content (AvgIpc) is 2.28. The smallest absolute Gasteiger partial charge is 0.411 e. The number of nitrogens with two attached hydrogens (primary N) is 1. The van der Waals surface area contributed by atoms with Crippen molar-refractivity contribution in [1.82, 2.24) is 0 Å². The van der Waals surface area contributed by atoms with E-state index in [2.05, 4.69) is 17.2 Å². The Morgan fingerprint density at radius 2 is 2.28 bits per heavy atom. The third-order valence-electron chi connectivity index (χ3n) is 1.88. The second-order valence-corrected chi connectivity index (χ2v) is 3.78. The Labute approximate surface area is 105 Å². The van der Waals surface area contributed by atoms with Gasteiger partial charge in [-0.05, 0) is 32.0 Å². The Morgan fingerprint density at radius 3 is 2.83 bits per heavy atom. The molecule has 0 aromatic heterocycles. The van der Waals surface area contributed by atoms with Gasteiger partial charge < -0.3 is 10.5 Å². The van der Waals surface area contributed by atoms with Gasteiger partial charge in [0, 0.05) is 5.56 Å². The number of hydrogen-bond donors (Lipinski definition) is 2. The third-order valence-corrected chi connectivity index (χ3v) is 1.88. The van der Waals surface area contributed by atoms with Gasteiger partial charge in [-0.3, -0.25) is 5.32 Å². The molecule has 0 unspecified atom stereocenters. The SMILES string of the molecule is CC(C)OC(=O)Nc1ccc(C#CCN)cc1F. The first-order valence-corrected chi connectivity index (χ1v) is 5.49. The van der Waals surface area contributed by atoms with Crippen LogP contribution in [0.3, 0.4) is 0 Å². The van der Waals surface area contributed by atoms with Crippen LogP contribution < -0.4 is 11.1 Å². The van der Waals surface area contributed by atoms with Gasteiger partial charge in [0.1, 0.15) is 5.82 Å². The van der Waals surface area contributed by atoms with E-state index in [1.807, 2.05) is 0 Å². The normalized spacial score (nSPS) is 9.61. The molecule has 0 saturated heterocycles. The summed E-state index contributed by atoms with van der Waals surface area (Å²) in [5, 5.41) is 2.32. The van der Waals surface area contributed by atoms with Crippen LogP contribution in [0.25, 0.3) is 0 Å². The van der Waals surface area contributed by atoms with E-state index >= 15 is 0 Å². The van der Waals surface area contributed by atoms with Crippen LogP contribution in [-0.2, 0) is 4.74 Å². The van der Waals surface area contributed by atoms with Crippen LogP contribution in [0.2, 0.25) is 0 Å². The lowest BCUT2D eigenvalue weighted by Gasteiger charge is -2.10. The quantitative estimate of drug-likeness (QED) is 0.790. The molecule has 1 aromatic carbocycles. The van der Waals surface area contributed by atoms with E-state index in [9.17, 15) is 9.18 Å². The van der Waals surface area contributed by atoms with Gasteiger partial charge in [-0.1, -0.05) is 11.8 Å². The monoisotopic (exact) mass is 250 g/mol. The highest BCUT2D eigenvalue weighted by atomic mass is 19.1. The first-order chi connectivity index (χ1) is 8.52. The molecule has 0 bridgehead atoms. The van der Waals surface area contributed by atoms with Crippen LogP contribution in [-0.4, -0.2) is 18.7 Å². The van der Waals surface area contributed by atoms with E-state index in [0.29, 0.717) is 5.56 Å². The first-order valence-electron chi connectivity index (χ1n) is 5.49. The number of anilines is 1. The maximum absolute atomic E-state index is 13.6. The molecule has 1 aromatic rings. The first kappa shape index (κ1) is 14.0. The summed E-state index contributed by atoms with van der Waals surface area (Å²) in [7, 11) is 0. The fourth-order valence-corrected chi connectivity index (χ4v) is 1.20. The summed E-state index contributed by atoms with van der Waals surface area (Å²) in [5.41, 5.74) is 5.77. The summed E-state index contributed by atoms with van der Waals surface area (Å²) in [6.45, 7) is 3.63. The molecule has 0 heterocycles. The maximum atomic E-state index is 13.6. The standard InChI is InChI=1S/C13H15FN2O2/c1-9(2)18-13(17)16-12-6-5-10(4-3-7-15)8-11(12)14/h5-6,8-9H,7,15H2,1-2H3,(H,16,17). The van der Waals surface area contributed by atoms with Gasteiger partial charge in [0.2, 0.25) is 0 Å². The van der Waals surface area contributed by atoms with Crippen LogP contribution in [0, 0.1) is 17.7 Å². The number of carbonyl (C=O) groups is 1. The van der Waals surface area contributed by atoms with Crippen molar-refractivity contribution in [2.45, 2.75) is 20.0 Å². The highest BCUT2D eigenvalue weighted by Gasteiger charge is 2.09. The van der Waals surface area contributed by atoms with Crippen molar-refractivity contribution in [3.05, 3.63) is 29.6 Å². The number of hydrogen-bond acceptors (Lipinski definition) is 3. The third kappa shape index (κ3) is 4.44. The van der Waals surface area contributed by atoms with Gasteiger partial charge >= 0.3 is 6.09 Å². The number of halogens is 1. The molecular formula is C13H15FN2O2. The van der Waals surface area contributed by atoms with Gasteiger partial charge in [0.15, 0.2) is 0 Å². The Hall–Kier alpha value is -2.06. The van der Waals surface area contributed by atoms with Crippen molar-refractivity contribution >= 4 is 11.8 Å². The number of benzene rings is 1. The minimum absolute atomic E-state index is 0.0546. The second-order valence-electron chi connectivity index (χ2n) is 3.78. The zero-order valence-electron chi connectivity index (χ0n) is 10.3. The van der Waals surface area contributed by atoms with Crippen LogP contribution in [0.1, 0.15) is 19.4 Å². The largest absolute Gasteiger partial charge is 0.447 e. The lowest BCUT2D eigenvalue weighted by Crippen LogP contribution is -2.18. The summed E-state index contributed by atoms with van der Waals surface area (Å²) < 4.78 is 18.4. The number of ether oxygens (including phenoxy) is 1. The Balaban J connectivity index is 2.77. The van der Waals surface area contributed by atoms with E-state index in [1.54, 1.807) is 19.9 Å². The number of nitrogens with one attached hydrogen (secondary N) is 1. The summed E-state index contributed by atoms with van der Waals surface area (Å²) in [4.78, 5) is 11.3. The Morgan fingerprint density at radius 1 is 1.56 bits per heavy atom. The fraction of sp³-hybridized carbons (Fsp3) is 0.308. The predicted octanol–water partition coefficient (Wildman–Crippen LogP) is 2.09. The maximum Gasteiger partial charge on any atom is 0.411 e. The molecule has 0 saturated carbocycles. The van der Waals surface area contributed by atoms with E-state index in [0.717, 1.165) is 0 Å². The molecule has 0 aliphatic rings. The lowest BCUT2D eigenvalue weighted by molar-refractivity contribution is 0.130. The zero-order chi connectivity index (χ0) is 13.5. The molecule has 3 N–H and O–H groups in total. The predicted molar refractivity (Wildman–Crippen MR) is 67.6 cm³/mol. The van der Waals surface area contributed by atoms with Crippen molar-refractivity contribution < 1.29 is 13.9 Å². The molecule has 96 valence electrons. The fourth-order valence-electron chi connectivity index (χ4n) is 1.20. The van der Waals surface area contributed by atoms with Gasteiger partial charge in [-0.15, -0.1) is 0 Å². The molecule has 0 radical (unpaired) electrons. The van der Waals surface area contributed by atoms with E-state index in [4.69, 9.17) is 10.5 Å². The Bertz CT molecular complexity index is 489. The lowest BCUT2D eigenvalue weighted by atomic mass is 10.2. The van der Waals surface area contributed by atoms with Gasteiger partial charge in [-0.2, -0.15) is 0 Å². The summed E-state index contributed by atoms with van der Waals surface area (Å²) in [6.07, 6.45) is -0.951. The molecule has 5 heteroatoms. The molecule has 4 nitrogen and oxygen atoms in total. The van der Waals surface area contributed by atoms with Crippen molar-refractivity contribution in [1.29, 1.82) is 0 Å². The van der Waals surface area contributed by atoms with E-state index in [-0.39, 0.29) is 18.3 Å². The topological polar surface area (TPSA) is 64.3 Å². The second kappa shape index (κ2) is 6.62. The number of carbonyl (C=O) groups excluding carboxylic acids is 1. The zero-order valence-corrected chi connectivity index (χ0v) is 10.3. The number of rotatable bonds is 2. The van der Waals surface area contributed by atoms with E-state index in [1.165, 1.54) is 12.1 Å². The molecule has 1 amide bonds. The van der Waals surface area contributed by atoms with Crippen LogP contribution in [0.4, 0.5) is 14.9 Å². The van der Waals surface area contributed by atoms with Gasteiger partial charge in [0.05, 0.1) is 18.3 Å². The summed E-state index contributed by atoms with van der Waals surface area (Å²) in [5.74, 6) is 4.75. The van der Waals surface area contributed by atoms with Crippen LogP contribution >= 0.6 is 0 Å². The van der Waals surface area contributed by atoms with Crippen LogP contribution in [0.5, 0.6) is 0 Å². The summed E-state index contributed by atoms with van der Waals surface area (Å²) in [6, 6.07) is 4.25. The molecule has 1 rings (SSSR count). The molecule has 0 aliphatic carbocycles. The highest BCUT2D eigenvalue weighted by Crippen LogP contribution is 2.15. The molecule has 0 aliphatic heterocycles. The molecule has 0 fully saturated rings. The number of amides is 1. The molecular weight excluding hydrogens is 235 g/mol.